The summed E-state index contributed by atoms with van der Waals surface area (Å²) >= 11 is 8.39. The quantitative estimate of drug-likeness (QED) is 0.853. The van der Waals surface area contributed by atoms with E-state index in [1.165, 1.54) is 23.1 Å². The number of hydrogen-bond donors (Lipinski definition) is 0. The Balaban J connectivity index is 1.62. The van der Waals surface area contributed by atoms with Gasteiger partial charge in [-0.05, 0) is 12.1 Å². The second kappa shape index (κ2) is 5.44. The van der Waals surface area contributed by atoms with Gasteiger partial charge in [-0.1, -0.05) is 11.6 Å². The number of nitrogens with zero attached hydrogens (tertiary/aromatic N) is 4. The van der Waals surface area contributed by atoms with Crippen molar-refractivity contribution in [3.63, 3.8) is 0 Å². The van der Waals surface area contributed by atoms with Crippen LogP contribution in [0.1, 0.15) is 9.67 Å². The van der Waals surface area contributed by atoms with E-state index in [-0.39, 0.29) is 5.91 Å². The molecule has 3 rings (SSSR count). The third-order valence-corrected chi connectivity index (χ3v) is 4.71. The van der Waals surface area contributed by atoms with Gasteiger partial charge in [0.15, 0.2) is 5.82 Å². The number of rotatable bonds is 2. The van der Waals surface area contributed by atoms with Crippen LogP contribution < -0.4 is 4.90 Å². The van der Waals surface area contributed by atoms with Crippen LogP contribution in [0.15, 0.2) is 18.3 Å². The first-order valence-corrected chi connectivity index (χ1v) is 7.73. The van der Waals surface area contributed by atoms with E-state index in [0.717, 1.165) is 18.9 Å². The highest BCUT2D eigenvalue weighted by molar-refractivity contribution is 7.17. The van der Waals surface area contributed by atoms with E-state index in [0.29, 0.717) is 22.3 Å². The van der Waals surface area contributed by atoms with E-state index in [9.17, 15) is 4.79 Å². The highest BCUT2D eigenvalue weighted by atomic mass is 35.5. The minimum atomic E-state index is 0.0629. The molecule has 8 heteroatoms. The van der Waals surface area contributed by atoms with Gasteiger partial charge in [0, 0.05) is 26.2 Å². The third-order valence-electron chi connectivity index (χ3n) is 3.02. The molecule has 0 spiro atoms. The van der Waals surface area contributed by atoms with Gasteiger partial charge < -0.3 is 9.80 Å². The second-order valence-corrected chi connectivity index (χ2v) is 6.42. The lowest BCUT2D eigenvalue weighted by Crippen LogP contribution is -2.48. The number of halogens is 1. The molecule has 100 valence electrons. The molecule has 1 saturated heterocycles. The standard InChI is InChI=1S/C11H11ClN4OS2/c12-9-2-1-8(18-9)11(17)16-5-3-15(4-6-16)10-7-13-19-14-10/h1-2,7H,3-6H2. The van der Waals surface area contributed by atoms with Crippen LogP contribution in [0.3, 0.4) is 0 Å². The maximum atomic E-state index is 12.2. The molecule has 0 bridgehead atoms. The molecule has 0 atom stereocenters. The largest absolute Gasteiger partial charge is 0.351 e. The Bertz CT molecular complexity index is 563. The van der Waals surface area contributed by atoms with Crippen LogP contribution in [0.25, 0.3) is 0 Å². The van der Waals surface area contributed by atoms with Gasteiger partial charge in [0.05, 0.1) is 27.1 Å². The van der Waals surface area contributed by atoms with Gasteiger partial charge in [-0.15, -0.1) is 11.3 Å². The number of thiophene rings is 1. The minimum Gasteiger partial charge on any atom is -0.351 e. The maximum absolute atomic E-state index is 12.2. The van der Waals surface area contributed by atoms with Gasteiger partial charge in [0.25, 0.3) is 5.91 Å². The van der Waals surface area contributed by atoms with Crippen molar-refractivity contribution in [2.75, 3.05) is 31.1 Å². The van der Waals surface area contributed by atoms with Crippen LogP contribution in [0, 0.1) is 0 Å². The number of carbonyl (C=O) groups excluding carboxylic acids is 1. The molecular formula is C11H11ClN4OS2. The summed E-state index contributed by atoms with van der Waals surface area (Å²) in [5.41, 5.74) is 0. The van der Waals surface area contributed by atoms with E-state index in [1.807, 2.05) is 4.90 Å². The molecule has 1 amide bonds. The summed E-state index contributed by atoms with van der Waals surface area (Å²) < 4.78 is 8.85. The second-order valence-electron chi connectivity index (χ2n) is 4.15. The third kappa shape index (κ3) is 2.72. The lowest BCUT2D eigenvalue weighted by Gasteiger charge is -2.34. The van der Waals surface area contributed by atoms with Crippen LogP contribution in [-0.2, 0) is 0 Å². The number of aromatic nitrogens is 2. The number of piperazine rings is 1. The Morgan fingerprint density at radius 1 is 1.26 bits per heavy atom. The Morgan fingerprint density at radius 3 is 2.63 bits per heavy atom. The van der Waals surface area contributed by atoms with Crippen LogP contribution in [0.5, 0.6) is 0 Å². The summed E-state index contributed by atoms with van der Waals surface area (Å²) in [6.45, 7) is 2.98. The Morgan fingerprint density at radius 2 is 2.05 bits per heavy atom. The van der Waals surface area contributed by atoms with Gasteiger partial charge in [0.2, 0.25) is 0 Å². The van der Waals surface area contributed by atoms with Crippen molar-refractivity contribution in [2.24, 2.45) is 0 Å². The summed E-state index contributed by atoms with van der Waals surface area (Å²) in [6.07, 6.45) is 1.77. The molecule has 0 unspecified atom stereocenters. The predicted octanol–water partition coefficient (Wildman–Crippen LogP) is 2.22. The number of amides is 1. The van der Waals surface area contributed by atoms with Crippen LogP contribution in [-0.4, -0.2) is 45.7 Å². The van der Waals surface area contributed by atoms with Gasteiger partial charge in [-0.2, -0.15) is 8.75 Å². The van der Waals surface area contributed by atoms with Gasteiger partial charge >= 0.3 is 0 Å². The average Bonchev–Trinajstić information content (AvgIpc) is 3.09. The molecule has 1 fully saturated rings. The van der Waals surface area contributed by atoms with Crippen molar-refractivity contribution >= 4 is 46.4 Å². The first kappa shape index (κ1) is 12.8. The average molecular weight is 315 g/mol. The van der Waals surface area contributed by atoms with E-state index >= 15 is 0 Å². The maximum Gasteiger partial charge on any atom is 0.264 e. The highest BCUT2D eigenvalue weighted by Crippen LogP contribution is 2.23. The van der Waals surface area contributed by atoms with Crippen LogP contribution >= 0.6 is 34.7 Å². The number of anilines is 1. The molecule has 1 aliphatic heterocycles. The van der Waals surface area contributed by atoms with E-state index in [1.54, 1.807) is 18.3 Å². The van der Waals surface area contributed by atoms with Gasteiger partial charge in [-0.25, -0.2) is 0 Å². The fraction of sp³-hybridized carbons (Fsp3) is 0.364. The van der Waals surface area contributed by atoms with Crippen LogP contribution in [0.2, 0.25) is 4.34 Å². The fourth-order valence-corrected chi connectivity index (χ4v) is 3.47. The lowest BCUT2D eigenvalue weighted by molar-refractivity contribution is 0.0751. The van der Waals surface area contributed by atoms with Gasteiger partial charge in [0.1, 0.15) is 0 Å². The van der Waals surface area contributed by atoms with E-state index in [2.05, 4.69) is 13.6 Å². The molecule has 2 aromatic rings. The molecule has 2 aromatic heterocycles. The Labute approximate surface area is 123 Å². The highest BCUT2D eigenvalue weighted by Gasteiger charge is 2.24. The van der Waals surface area contributed by atoms with Crippen molar-refractivity contribution in [1.29, 1.82) is 0 Å². The predicted molar refractivity (Wildman–Crippen MR) is 77.4 cm³/mol. The molecule has 19 heavy (non-hydrogen) atoms. The van der Waals surface area contributed by atoms with Crippen molar-refractivity contribution in [3.8, 4) is 0 Å². The molecule has 0 radical (unpaired) electrons. The Hall–Kier alpha value is -1.18. The van der Waals surface area contributed by atoms with E-state index < -0.39 is 0 Å². The summed E-state index contributed by atoms with van der Waals surface area (Å²) in [5, 5.41) is 0. The molecule has 0 aliphatic carbocycles. The van der Waals surface area contributed by atoms with Crippen molar-refractivity contribution < 1.29 is 4.79 Å². The normalized spacial score (nSPS) is 15.8. The summed E-state index contributed by atoms with van der Waals surface area (Å²) in [7, 11) is 0. The summed E-state index contributed by atoms with van der Waals surface area (Å²) in [5.74, 6) is 0.962. The molecule has 5 nitrogen and oxygen atoms in total. The topological polar surface area (TPSA) is 49.3 Å². The summed E-state index contributed by atoms with van der Waals surface area (Å²) in [6, 6.07) is 3.54. The Kier molecular flexibility index (Phi) is 3.67. The molecule has 0 N–H and O–H groups in total. The smallest absolute Gasteiger partial charge is 0.264 e. The van der Waals surface area contributed by atoms with Crippen LogP contribution in [0.4, 0.5) is 5.82 Å². The molecule has 3 heterocycles. The molecular weight excluding hydrogens is 304 g/mol. The molecule has 0 saturated carbocycles. The van der Waals surface area contributed by atoms with Crippen molar-refractivity contribution in [3.05, 3.63) is 27.5 Å². The number of hydrogen-bond acceptors (Lipinski definition) is 6. The summed E-state index contributed by atoms with van der Waals surface area (Å²) in [4.78, 5) is 16.9. The van der Waals surface area contributed by atoms with Gasteiger partial charge in [-0.3, -0.25) is 4.79 Å². The monoisotopic (exact) mass is 314 g/mol. The first-order chi connectivity index (χ1) is 9.24. The van der Waals surface area contributed by atoms with Crippen molar-refractivity contribution in [1.82, 2.24) is 13.6 Å². The van der Waals surface area contributed by atoms with Crippen molar-refractivity contribution in [2.45, 2.75) is 0 Å². The zero-order valence-electron chi connectivity index (χ0n) is 9.95. The zero-order valence-corrected chi connectivity index (χ0v) is 12.3. The fourth-order valence-electron chi connectivity index (χ4n) is 2.02. The lowest BCUT2D eigenvalue weighted by atomic mass is 10.3. The zero-order chi connectivity index (χ0) is 13.2. The molecule has 1 aliphatic rings. The molecule has 0 aromatic carbocycles. The number of carbonyl (C=O) groups is 1. The first-order valence-electron chi connectivity index (χ1n) is 5.81. The minimum absolute atomic E-state index is 0.0629. The van der Waals surface area contributed by atoms with E-state index in [4.69, 9.17) is 11.6 Å². The SMILES string of the molecule is O=C(c1ccc(Cl)s1)N1CCN(c2cnsn2)CC1.